The number of primary amides is 1. The molecule has 0 saturated heterocycles. The first-order chi connectivity index (χ1) is 13.4. The molecule has 7 heteroatoms. The van der Waals surface area contributed by atoms with E-state index in [9.17, 15) is 14.4 Å². The van der Waals surface area contributed by atoms with E-state index in [1.807, 2.05) is 37.3 Å². The van der Waals surface area contributed by atoms with Gasteiger partial charge in [0.15, 0.2) is 12.7 Å². The van der Waals surface area contributed by atoms with Gasteiger partial charge in [-0.2, -0.15) is 0 Å². The lowest BCUT2D eigenvalue weighted by Gasteiger charge is -2.16. The molecule has 0 aliphatic rings. The topological polar surface area (TPSA) is 108 Å². The van der Waals surface area contributed by atoms with Crippen LogP contribution in [0.1, 0.15) is 35.7 Å². The van der Waals surface area contributed by atoms with Crippen LogP contribution in [0.15, 0.2) is 54.6 Å². The van der Waals surface area contributed by atoms with Gasteiger partial charge < -0.3 is 20.5 Å². The van der Waals surface area contributed by atoms with Gasteiger partial charge in [-0.3, -0.25) is 9.59 Å². The lowest BCUT2D eigenvalue weighted by Crippen LogP contribution is -2.37. The molecule has 148 valence electrons. The maximum atomic E-state index is 12.2. The lowest BCUT2D eigenvalue weighted by molar-refractivity contribution is -0.129. The van der Waals surface area contributed by atoms with Crippen LogP contribution in [0.4, 0.5) is 0 Å². The Bertz CT molecular complexity index is 805. The van der Waals surface area contributed by atoms with Crippen molar-refractivity contribution in [3.8, 4) is 5.75 Å². The first-order valence-corrected chi connectivity index (χ1v) is 8.91. The minimum absolute atomic E-state index is 0.140. The maximum Gasteiger partial charge on any atom is 0.338 e. The summed E-state index contributed by atoms with van der Waals surface area (Å²) in [7, 11) is 0. The molecule has 0 aliphatic heterocycles. The Balaban J connectivity index is 1.82. The van der Waals surface area contributed by atoms with Gasteiger partial charge in [0.2, 0.25) is 0 Å². The summed E-state index contributed by atoms with van der Waals surface area (Å²) < 4.78 is 10.3. The molecule has 2 atom stereocenters. The highest BCUT2D eigenvalue weighted by molar-refractivity contribution is 5.92. The number of carbonyl (C=O) groups is 3. The minimum atomic E-state index is -0.929. The summed E-state index contributed by atoms with van der Waals surface area (Å²) in [6, 6.07) is 15.8. The zero-order chi connectivity index (χ0) is 20.5. The van der Waals surface area contributed by atoms with Crippen LogP contribution in [-0.2, 0) is 14.3 Å². The van der Waals surface area contributed by atoms with Crippen LogP contribution < -0.4 is 15.8 Å². The van der Waals surface area contributed by atoms with Crippen molar-refractivity contribution in [2.75, 3.05) is 13.2 Å². The average molecular weight is 384 g/mol. The normalized spacial score (nSPS) is 12.5. The van der Waals surface area contributed by atoms with Crippen LogP contribution in [0.3, 0.4) is 0 Å². The van der Waals surface area contributed by atoms with Crippen LogP contribution >= 0.6 is 0 Å². The molecule has 0 spiro atoms. The summed E-state index contributed by atoms with van der Waals surface area (Å²) in [6.07, 6.45) is -0.929. The van der Waals surface area contributed by atoms with Gasteiger partial charge in [-0.25, -0.2) is 4.79 Å². The van der Waals surface area contributed by atoms with E-state index in [-0.39, 0.29) is 24.0 Å². The fourth-order valence-electron chi connectivity index (χ4n) is 2.42. The summed E-state index contributed by atoms with van der Waals surface area (Å²) in [5.74, 6) is -1.04. The van der Waals surface area contributed by atoms with E-state index in [1.165, 1.54) is 31.2 Å². The molecule has 0 fully saturated rings. The summed E-state index contributed by atoms with van der Waals surface area (Å²) in [4.78, 5) is 35.1. The number of hydrogen-bond acceptors (Lipinski definition) is 5. The van der Waals surface area contributed by atoms with Crippen LogP contribution in [0.25, 0.3) is 0 Å². The highest BCUT2D eigenvalue weighted by atomic mass is 16.5. The molecule has 0 aromatic heterocycles. The molecule has 2 rings (SSSR count). The van der Waals surface area contributed by atoms with E-state index in [2.05, 4.69) is 5.32 Å². The second-order valence-electron chi connectivity index (χ2n) is 6.38. The van der Waals surface area contributed by atoms with Crippen molar-refractivity contribution in [2.45, 2.75) is 25.9 Å². The predicted octanol–water partition coefficient (Wildman–Crippen LogP) is 2.02. The molecule has 2 amide bonds. The van der Waals surface area contributed by atoms with E-state index >= 15 is 0 Å². The van der Waals surface area contributed by atoms with Crippen molar-refractivity contribution in [1.29, 1.82) is 0 Å². The van der Waals surface area contributed by atoms with E-state index in [1.54, 1.807) is 0 Å². The summed E-state index contributed by atoms with van der Waals surface area (Å²) in [6.45, 7) is 3.72. The second kappa shape index (κ2) is 10.1. The highest BCUT2D eigenvalue weighted by Crippen LogP contribution is 2.15. The maximum absolute atomic E-state index is 12.2. The molecule has 0 aliphatic carbocycles. The number of esters is 1. The fourth-order valence-corrected chi connectivity index (χ4v) is 2.42. The van der Waals surface area contributed by atoms with Crippen molar-refractivity contribution in [1.82, 2.24) is 5.32 Å². The number of ether oxygens (including phenoxy) is 2. The third-order valence-corrected chi connectivity index (χ3v) is 4.08. The Kier molecular flexibility index (Phi) is 7.56. The molecular weight excluding hydrogens is 360 g/mol. The molecule has 7 nitrogen and oxygen atoms in total. The fraction of sp³-hybridized carbons (Fsp3) is 0.286. The van der Waals surface area contributed by atoms with Crippen molar-refractivity contribution in [3.05, 3.63) is 65.7 Å². The van der Waals surface area contributed by atoms with Crippen LogP contribution in [-0.4, -0.2) is 37.0 Å². The van der Waals surface area contributed by atoms with Gasteiger partial charge >= 0.3 is 5.97 Å². The van der Waals surface area contributed by atoms with E-state index in [4.69, 9.17) is 15.2 Å². The molecule has 0 bridgehead atoms. The Morgan fingerprint density at radius 2 is 1.64 bits per heavy atom. The SMILES string of the molecule is C[C@H](OC(=O)c1ccc(OCC(N)=O)cc1)C(=O)NC[C@H](C)c1ccccc1. The first kappa shape index (κ1) is 21.0. The van der Waals surface area contributed by atoms with Crippen molar-refractivity contribution >= 4 is 17.8 Å². The van der Waals surface area contributed by atoms with Gasteiger partial charge in [0.1, 0.15) is 5.75 Å². The van der Waals surface area contributed by atoms with Crippen LogP contribution in [0.5, 0.6) is 5.75 Å². The van der Waals surface area contributed by atoms with Crippen LogP contribution in [0, 0.1) is 0 Å². The molecule has 3 N–H and O–H groups in total. The number of amides is 2. The number of nitrogens with one attached hydrogen (secondary N) is 1. The summed E-state index contributed by atoms with van der Waals surface area (Å²) >= 11 is 0. The number of rotatable bonds is 9. The monoisotopic (exact) mass is 384 g/mol. The second-order valence-corrected chi connectivity index (χ2v) is 6.38. The molecule has 2 aromatic rings. The van der Waals surface area contributed by atoms with Gasteiger partial charge in [-0.05, 0) is 42.7 Å². The Morgan fingerprint density at radius 3 is 2.25 bits per heavy atom. The molecule has 0 unspecified atom stereocenters. The highest BCUT2D eigenvalue weighted by Gasteiger charge is 2.19. The number of carbonyl (C=O) groups excluding carboxylic acids is 3. The first-order valence-electron chi connectivity index (χ1n) is 8.91. The smallest absolute Gasteiger partial charge is 0.338 e. The van der Waals surface area contributed by atoms with Gasteiger partial charge in [-0.1, -0.05) is 37.3 Å². The number of benzene rings is 2. The Labute approximate surface area is 163 Å². The van der Waals surface area contributed by atoms with Crippen molar-refractivity contribution < 1.29 is 23.9 Å². The van der Waals surface area contributed by atoms with E-state index < -0.39 is 18.0 Å². The number of nitrogens with two attached hydrogens (primary N) is 1. The predicted molar refractivity (Wildman–Crippen MR) is 104 cm³/mol. The molecule has 0 radical (unpaired) electrons. The van der Waals surface area contributed by atoms with Gasteiger partial charge in [0.25, 0.3) is 11.8 Å². The average Bonchev–Trinajstić information content (AvgIpc) is 2.71. The standard InChI is InChI=1S/C21H24N2O5/c1-14(16-6-4-3-5-7-16)12-23-20(25)15(2)28-21(26)17-8-10-18(11-9-17)27-13-19(22)24/h3-11,14-15H,12-13H2,1-2H3,(H2,22,24)(H,23,25)/t14-,15-/m0/s1. The molecular formula is C21H24N2O5. The molecule has 0 saturated carbocycles. The zero-order valence-electron chi connectivity index (χ0n) is 15.9. The Morgan fingerprint density at radius 1 is 1.00 bits per heavy atom. The minimum Gasteiger partial charge on any atom is -0.484 e. The molecule has 0 heterocycles. The van der Waals surface area contributed by atoms with E-state index in [0.29, 0.717) is 12.3 Å². The largest absolute Gasteiger partial charge is 0.484 e. The Hall–Kier alpha value is -3.35. The third kappa shape index (κ3) is 6.42. The summed E-state index contributed by atoms with van der Waals surface area (Å²) in [5, 5.41) is 2.79. The third-order valence-electron chi connectivity index (χ3n) is 4.08. The molecule has 2 aromatic carbocycles. The van der Waals surface area contributed by atoms with Gasteiger partial charge in [-0.15, -0.1) is 0 Å². The quantitative estimate of drug-likeness (QED) is 0.643. The summed E-state index contributed by atoms with van der Waals surface area (Å²) in [5.41, 5.74) is 6.39. The van der Waals surface area contributed by atoms with Gasteiger partial charge in [0.05, 0.1) is 5.56 Å². The van der Waals surface area contributed by atoms with Gasteiger partial charge in [0, 0.05) is 6.54 Å². The van der Waals surface area contributed by atoms with Crippen LogP contribution in [0.2, 0.25) is 0 Å². The number of hydrogen-bond donors (Lipinski definition) is 2. The van der Waals surface area contributed by atoms with Crippen molar-refractivity contribution in [3.63, 3.8) is 0 Å². The van der Waals surface area contributed by atoms with Crippen molar-refractivity contribution in [2.24, 2.45) is 5.73 Å². The van der Waals surface area contributed by atoms with E-state index in [0.717, 1.165) is 5.56 Å². The lowest BCUT2D eigenvalue weighted by atomic mass is 10.0. The molecule has 28 heavy (non-hydrogen) atoms. The zero-order valence-corrected chi connectivity index (χ0v) is 15.9.